The smallest absolute Gasteiger partial charge is 0.242 e. The molecule has 0 radical (unpaired) electrons. The predicted octanol–water partition coefficient (Wildman–Crippen LogP) is 4.49. The van der Waals surface area contributed by atoms with Crippen LogP contribution in [-0.4, -0.2) is 35.9 Å². The first-order valence-electron chi connectivity index (χ1n) is 9.38. The number of carbonyl (C=O) groups excluding carboxylic acids is 2. The van der Waals surface area contributed by atoms with E-state index in [1.807, 2.05) is 38.1 Å². The molecule has 0 fully saturated rings. The van der Waals surface area contributed by atoms with Gasteiger partial charge in [-0.15, -0.1) is 0 Å². The summed E-state index contributed by atoms with van der Waals surface area (Å²) in [7, 11) is 1.60. The molecule has 0 heterocycles. The molecule has 0 unspecified atom stereocenters. The van der Waals surface area contributed by atoms with Crippen LogP contribution >= 0.6 is 23.2 Å². The maximum Gasteiger partial charge on any atom is 0.242 e. The summed E-state index contributed by atoms with van der Waals surface area (Å²) in [5, 5.41) is 3.80. The van der Waals surface area contributed by atoms with Crippen LogP contribution in [0.5, 0.6) is 5.75 Å². The molecule has 0 bridgehead atoms. The number of nitrogens with one attached hydrogen (secondary N) is 1. The Balaban J connectivity index is 2.26. The van der Waals surface area contributed by atoms with E-state index in [0.717, 1.165) is 11.3 Å². The number of halogens is 2. The van der Waals surface area contributed by atoms with Crippen molar-refractivity contribution in [2.24, 2.45) is 0 Å². The Morgan fingerprint density at radius 1 is 1.07 bits per heavy atom. The lowest BCUT2D eigenvalue weighted by atomic mass is 10.1. The number of nitrogens with zero attached hydrogens (tertiary/aromatic N) is 1. The Kier molecular flexibility index (Phi) is 8.35. The van der Waals surface area contributed by atoms with Crippen molar-refractivity contribution in [3.8, 4) is 5.75 Å². The van der Waals surface area contributed by atoms with Gasteiger partial charge >= 0.3 is 0 Å². The van der Waals surface area contributed by atoms with Crippen molar-refractivity contribution in [2.45, 2.75) is 45.8 Å². The zero-order chi connectivity index (χ0) is 21.6. The number of hydrogen-bond donors (Lipinski definition) is 1. The van der Waals surface area contributed by atoms with Gasteiger partial charge in [0.25, 0.3) is 0 Å². The highest BCUT2D eigenvalue weighted by atomic mass is 35.5. The van der Waals surface area contributed by atoms with Gasteiger partial charge in [0, 0.05) is 22.6 Å². The first kappa shape index (κ1) is 23.0. The van der Waals surface area contributed by atoms with Crippen LogP contribution < -0.4 is 10.1 Å². The standard InChI is InChI=1S/C22H26Cl2N2O3/c1-14(2)25-22(28)15(3)26(13-16-5-9-19(29-4)10-6-16)21(27)11-17-7-8-18(23)12-20(17)24/h5-10,12,14-15H,11,13H2,1-4H3,(H,25,28)/t15-/m1/s1. The third-order valence-electron chi connectivity index (χ3n) is 4.47. The molecule has 2 rings (SSSR count). The molecule has 2 amide bonds. The first-order chi connectivity index (χ1) is 13.7. The average Bonchev–Trinajstić information content (AvgIpc) is 2.67. The van der Waals surface area contributed by atoms with Crippen molar-refractivity contribution >= 4 is 35.0 Å². The third kappa shape index (κ3) is 6.65. The molecule has 1 N–H and O–H groups in total. The molecule has 1 atom stereocenters. The molecule has 156 valence electrons. The molecule has 7 heteroatoms. The van der Waals surface area contributed by atoms with Gasteiger partial charge in [-0.05, 0) is 56.2 Å². The number of carbonyl (C=O) groups is 2. The van der Waals surface area contributed by atoms with E-state index in [0.29, 0.717) is 22.2 Å². The monoisotopic (exact) mass is 436 g/mol. The second-order valence-electron chi connectivity index (χ2n) is 7.12. The number of benzene rings is 2. The van der Waals surface area contributed by atoms with Crippen molar-refractivity contribution in [1.82, 2.24) is 10.2 Å². The highest BCUT2D eigenvalue weighted by molar-refractivity contribution is 6.35. The summed E-state index contributed by atoms with van der Waals surface area (Å²) in [4.78, 5) is 27.3. The van der Waals surface area contributed by atoms with E-state index in [2.05, 4.69) is 5.32 Å². The van der Waals surface area contributed by atoms with E-state index in [9.17, 15) is 9.59 Å². The van der Waals surface area contributed by atoms with Crippen LogP contribution in [0, 0.1) is 0 Å². The molecule has 0 aromatic heterocycles. The summed E-state index contributed by atoms with van der Waals surface area (Å²) >= 11 is 12.2. The number of hydrogen-bond acceptors (Lipinski definition) is 3. The van der Waals surface area contributed by atoms with E-state index in [1.54, 1.807) is 37.1 Å². The van der Waals surface area contributed by atoms with Crippen molar-refractivity contribution in [3.05, 3.63) is 63.6 Å². The minimum absolute atomic E-state index is 0.0198. The quantitative estimate of drug-likeness (QED) is 0.662. The Labute approximate surface area is 181 Å². The van der Waals surface area contributed by atoms with Gasteiger partial charge in [0.15, 0.2) is 0 Å². The zero-order valence-electron chi connectivity index (χ0n) is 17.0. The molecule has 2 aromatic carbocycles. The van der Waals surface area contributed by atoms with Crippen LogP contribution in [0.2, 0.25) is 10.0 Å². The fourth-order valence-corrected chi connectivity index (χ4v) is 3.32. The minimum atomic E-state index is -0.641. The summed E-state index contributed by atoms with van der Waals surface area (Å²) in [6.45, 7) is 5.78. The summed E-state index contributed by atoms with van der Waals surface area (Å²) in [6.07, 6.45) is 0.0749. The number of methoxy groups -OCH3 is 1. The van der Waals surface area contributed by atoms with Crippen LogP contribution in [0.25, 0.3) is 0 Å². The molecule has 0 saturated heterocycles. The molecule has 2 aromatic rings. The normalized spacial score (nSPS) is 11.8. The van der Waals surface area contributed by atoms with Crippen LogP contribution in [-0.2, 0) is 22.6 Å². The highest BCUT2D eigenvalue weighted by Gasteiger charge is 2.27. The van der Waals surface area contributed by atoms with Gasteiger partial charge in [-0.1, -0.05) is 41.4 Å². The van der Waals surface area contributed by atoms with Crippen molar-refractivity contribution in [3.63, 3.8) is 0 Å². The zero-order valence-corrected chi connectivity index (χ0v) is 18.6. The van der Waals surface area contributed by atoms with Crippen molar-refractivity contribution in [1.29, 1.82) is 0 Å². The van der Waals surface area contributed by atoms with E-state index >= 15 is 0 Å². The van der Waals surface area contributed by atoms with Crippen molar-refractivity contribution in [2.75, 3.05) is 7.11 Å². The lowest BCUT2D eigenvalue weighted by Crippen LogP contribution is -2.49. The van der Waals surface area contributed by atoms with Gasteiger partial charge in [0.1, 0.15) is 11.8 Å². The van der Waals surface area contributed by atoms with Gasteiger partial charge < -0.3 is 15.0 Å². The number of amides is 2. The number of rotatable bonds is 8. The predicted molar refractivity (Wildman–Crippen MR) is 116 cm³/mol. The Hall–Kier alpha value is -2.24. The Bertz CT molecular complexity index is 854. The largest absolute Gasteiger partial charge is 0.497 e. The molecule has 0 spiro atoms. The van der Waals surface area contributed by atoms with Gasteiger partial charge in [-0.25, -0.2) is 0 Å². The van der Waals surface area contributed by atoms with Crippen LogP contribution in [0.4, 0.5) is 0 Å². The fraction of sp³-hybridized carbons (Fsp3) is 0.364. The molecule has 29 heavy (non-hydrogen) atoms. The lowest BCUT2D eigenvalue weighted by molar-refractivity contribution is -0.140. The van der Waals surface area contributed by atoms with Gasteiger partial charge in [-0.2, -0.15) is 0 Å². The van der Waals surface area contributed by atoms with Crippen LogP contribution in [0.15, 0.2) is 42.5 Å². The summed E-state index contributed by atoms with van der Waals surface area (Å²) < 4.78 is 5.18. The molecular weight excluding hydrogens is 411 g/mol. The third-order valence-corrected chi connectivity index (χ3v) is 5.05. The first-order valence-corrected chi connectivity index (χ1v) is 10.1. The van der Waals surface area contributed by atoms with E-state index < -0.39 is 6.04 Å². The highest BCUT2D eigenvalue weighted by Crippen LogP contribution is 2.23. The molecule has 0 aliphatic rings. The van der Waals surface area contributed by atoms with E-state index in [1.165, 1.54) is 0 Å². The molecule has 0 saturated carbocycles. The molecule has 0 aliphatic carbocycles. The fourth-order valence-electron chi connectivity index (χ4n) is 2.84. The summed E-state index contributed by atoms with van der Waals surface area (Å²) in [5.74, 6) is 0.325. The maximum atomic E-state index is 13.1. The second kappa shape index (κ2) is 10.5. The van der Waals surface area contributed by atoms with Crippen LogP contribution in [0.1, 0.15) is 31.9 Å². The molecular formula is C22H26Cl2N2O3. The Morgan fingerprint density at radius 3 is 2.28 bits per heavy atom. The lowest BCUT2D eigenvalue weighted by Gasteiger charge is -2.29. The second-order valence-corrected chi connectivity index (χ2v) is 7.97. The van der Waals surface area contributed by atoms with E-state index in [4.69, 9.17) is 27.9 Å². The molecule has 5 nitrogen and oxygen atoms in total. The van der Waals surface area contributed by atoms with Gasteiger partial charge in [-0.3, -0.25) is 9.59 Å². The van der Waals surface area contributed by atoms with Crippen molar-refractivity contribution < 1.29 is 14.3 Å². The average molecular weight is 437 g/mol. The van der Waals surface area contributed by atoms with Crippen LogP contribution in [0.3, 0.4) is 0 Å². The summed E-state index contributed by atoms with van der Waals surface area (Å²) in [6, 6.07) is 11.8. The van der Waals surface area contributed by atoms with E-state index in [-0.39, 0.29) is 24.3 Å². The maximum absolute atomic E-state index is 13.1. The SMILES string of the molecule is COc1ccc(CN(C(=O)Cc2ccc(Cl)cc2Cl)[C@H](C)C(=O)NC(C)C)cc1. The number of ether oxygens (including phenoxy) is 1. The van der Waals surface area contributed by atoms with Gasteiger partial charge in [0.2, 0.25) is 11.8 Å². The molecule has 0 aliphatic heterocycles. The minimum Gasteiger partial charge on any atom is -0.497 e. The Morgan fingerprint density at radius 2 is 1.72 bits per heavy atom. The topological polar surface area (TPSA) is 58.6 Å². The summed E-state index contributed by atoms with van der Waals surface area (Å²) in [5.41, 5.74) is 1.56. The van der Waals surface area contributed by atoms with Gasteiger partial charge in [0.05, 0.1) is 13.5 Å².